The van der Waals surface area contributed by atoms with Gasteiger partial charge < -0.3 is 15.0 Å². The molecule has 0 saturated carbocycles. The van der Waals surface area contributed by atoms with Gasteiger partial charge in [0.05, 0.1) is 18.4 Å². The van der Waals surface area contributed by atoms with Crippen LogP contribution in [0.25, 0.3) is 0 Å². The number of rotatable bonds is 3. The van der Waals surface area contributed by atoms with Crippen molar-refractivity contribution in [3.63, 3.8) is 0 Å². The molecule has 0 amide bonds. The third-order valence-corrected chi connectivity index (χ3v) is 2.98. The van der Waals surface area contributed by atoms with Gasteiger partial charge in [-0.1, -0.05) is 0 Å². The molecule has 1 aromatic carbocycles. The molecule has 1 N–H and O–H groups in total. The number of nitrogens with zero attached hydrogens (tertiary/aromatic N) is 1. The normalized spacial score (nSPS) is 20.3. The van der Waals surface area contributed by atoms with Crippen molar-refractivity contribution in [2.45, 2.75) is 32.9 Å². The predicted molar refractivity (Wildman–Crippen MR) is 72.8 cm³/mol. The highest BCUT2D eigenvalue weighted by molar-refractivity contribution is 5.56. The number of nitrogens with one attached hydrogen (secondary N) is 1. The van der Waals surface area contributed by atoms with Crippen LogP contribution >= 0.6 is 0 Å². The van der Waals surface area contributed by atoms with E-state index in [1.54, 1.807) is 6.07 Å². The van der Waals surface area contributed by atoms with Gasteiger partial charge in [0.15, 0.2) is 0 Å². The maximum atomic E-state index is 14.1. The first-order chi connectivity index (χ1) is 8.56. The fourth-order valence-corrected chi connectivity index (χ4v) is 2.22. The van der Waals surface area contributed by atoms with E-state index in [-0.39, 0.29) is 11.9 Å². The van der Waals surface area contributed by atoms with Crippen molar-refractivity contribution in [2.75, 3.05) is 29.9 Å². The highest BCUT2D eigenvalue weighted by atomic mass is 19.1. The van der Waals surface area contributed by atoms with Crippen molar-refractivity contribution in [2.24, 2.45) is 0 Å². The smallest absolute Gasteiger partial charge is 0.148 e. The number of ether oxygens (including phenoxy) is 1. The summed E-state index contributed by atoms with van der Waals surface area (Å²) in [4.78, 5) is 2.04. The van der Waals surface area contributed by atoms with Crippen LogP contribution in [0.2, 0.25) is 0 Å². The zero-order chi connectivity index (χ0) is 13.1. The van der Waals surface area contributed by atoms with Crippen molar-refractivity contribution >= 4 is 11.4 Å². The fraction of sp³-hybridized carbons (Fsp3) is 0.571. The van der Waals surface area contributed by atoms with Crippen LogP contribution in [0.4, 0.5) is 15.8 Å². The first kappa shape index (κ1) is 13.1. The summed E-state index contributed by atoms with van der Waals surface area (Å²) >= 11 is 0. The van der Waals surface area contributed by atoms with Gasteiger partial charge >= 0.3 is 0 Å². The van der Waals surface area contributed by atoms with Crippen LogP contribution in [0.3, 0.4) is 0 Å². The largest absolute Gasteiger partial charge is 0.383 e. The molecular weight excluding hydrogens is 231 g/mol. The number of hydrogen-bond donors (Lipinski definition) is 1. The standard InChI is InChI=1S/C14H21FN2O/c1-10(2)16-12-4-5-14(13(15)8-12)17-6-7-18-11(3)9-17/h4-5,8,10-11,16H,6-7,9H2,1-3H3. The Hall–Kier alpha value is -1.29. The van der Waals surface area contributed by atoms with Gasteiger partial charge in [0.1, 0.15) is 5.82 Å². The summed E-state index contributed by atoms with van der Waals surface area (Å²) in [5.41, 5.74) is 1.49. The molecule has 1 aliphatic rings. The molecule has 18 heavy (non-hydrogen) atoms. The minimum Gasteiger partial charge on any atom is -0.383 e. The maximum absolute atomic E-state index is 14.1. The zero-order valence-corrected chi connectivity index (χ0v) is 11.2. The summed E-state index contributed by atoms with van der Waals surface area (Å²) in [6, 6.07) is 5.64. The number of hydrogen-bond acceptors (Lipinski definition) is 3. The Morgan fingerprint density at radius 3 is 2.83 bits per heavy atom. The number of morpholine rings is 1. The minimum atomic E-state index is -0.172. The summed E-state index contributed by atoms with van der Waals surface area (Å²) in [6.07, 6.45) is 0.159. The summed E-state index contributed by atoms with van der Waals surface area (Å²) in [5, 5.41) is 3.20. The molecule has 1 unspecified atom stereocenters. The molecular formula is C14H21FN2O. The average molecular weight is 252 g/mol. The molecule has 3 nitrogen and oxygen atoms in total. The van der Waals surface area contributed by atoms with Crippen LogP contribution in [0, 0.1) is 5.82 Å². The van der Waals surface area contributed by atoms with E-state index in [1.807, 2.05) is 37.8 Å². The first-order valence-corrected chi connectivity index (χ1v) is 6.49. The molecule has 1 aliphatic heterocycles. The van der Waals surface area contributed by atoms with Gasteiger partial charge in [-0.15, -0.1) is 0 Å². The van der Waals surface area contributed by atoms with Gasteiger partial charge in [-0.3, -0.25) is 0 Å². The SMILES string of the molecule is CC(C)Nc1ccc(N2CCOC(C)C2)c(F)c1. The Morgan fingerprint density at radius 2 is 2.22 bits per heavy atom. The van der Waals surface area contributed by atoms with Crippen LogP contribution in [-0.4, -0.2) is 31.8 Å². The molecule has 1 fully saturated rings. The van der Waals surface area contributed by atoms with E-state index in [1.165, 1.54) is 0 Å². The number of halogens is 1. The molecule has 0 aliphatic carbocycles. The first-order valence-electron chi connectivity index (χ1n) is 6.49. The highest BCUT2D eigenvalue weighted by Gasteiger charge is 2.19. The van der Waals surface area contributed by atoms with Crippen LogP contribution in [0.15, 0.2) is 18.2 Å². The van der Waals surface area contributed by atoms with Crippen molar-refractivity contribution in [1.82, 2.24) is 0 Å². The van der Waals surface area contributed by atoms with Gasteiger partial charge in [0.2, 0.25) is 0 Å². The van der Waals surface area contributed by atoms with E-state index in [9.17, 15) is 4.39 Å². The van der Waals surface area contributed by atoms with E-state index in [0.717, 1.165) is 18.8 Å². The monoisotopic (exact) mass is 252 g/mol. The minimum absolute atomic E-state index is 0.159. The zero-order valence-electron chi connectivity index (χ0n) is 11.2. The van der Waals surface area contributed by atoms with E-state index in [0.29, 0.717) is 18.3 Å². The van der Waals surface area contributed by atoms with Crippen LogP contribution in [0.1, 0.15) is 20.8 Å². The third-order valence-electron chi connectivity index (χ3n) is 2.98. The summed E-state index contributed by atoms with van der Waals surface area (Å²) in [6.45, 7) is 8.24. The van der Waals surface area contributed by atoms with E-state index in [2.05, 4.69) is 5.32 Å². The van der Waals surface area contributed by atoms with Crippen LogP contribution in [-0.2, 0) is 4.74 Å². The molecule has 0 spiro atoms. The summed E-state index contributed by atoms with van der Waals surface area (Å²) in [5.74, 6) is -0.172. The lowest BCUT2D eigenvalue weighted by Crippen LogP contribution is -2.41. The lowest BCUT2D eigenvalue weighted by atomic mass is 10.2. The van der Waals surface area contributed by atoms with Crippen molar-refractivity contribution in [3.8, 4) is 0 Å². The molecule has 1 atom stereocenters. The molecule has 2 rings (SSSR count). The van der Waals surface area contributed by atoms with E-state index < -0.39 is 0 Å². The average Bonchev–Trinajstić information content (AvgIpc) is 2.28. The van der Waals surface area contributed by atoms with Gasteiger partial charge in [-0.25, -0.2) is 4.39 Å². The molecule has 1 heterocycles. The van der Waals surface area contributed by atoms with Crippen LogP contribution in [0.5, 0.6) is 0 Å². The van der Waals surface area contributed by atoms with Crippen LogP contribution < -0.4 is 10.2 Å². The van der Waals surface area contributed by atoms with Gasteiger partial charge in [-0.05, 0) is 39.0 Å². The molecule has 0 bridgehead atoms. The quantitative estimate of drug-likeness (QED) is 0.895. The van der Waals surface area contributed by atoms with Crippen molar-refractivity contribution in [3.05, 3.63) is 24.0 Å². The Morgan fingerprint density at radius 1 is 1.44 bits per heavy atom. The highest BCUT2D eigenvalue weighted by Crippen LogP contribution is 2.24. The summed E-state index contributed by atoms with van der Waals surface area (Å²) < 4.78 is 19.6. The van der Waals surface area contributed by atoms with Crippen molar-refractivity contribution in [1.29, 1.82) is 0 Å². The Balaban J connectivity index is 2.13. The second-order valence-corrected chi connectivity index (χ2v) is 5.09. The molecule has 0 radical (unpaired) electrons. The maximum Gasteiger partial charge on any atom is 0.148 e. The van der Waals surface area contributed by atoms with Gasteiger partial charge in [-0.2, -0.15) is 0 Å². The predicted octanol–water partition coefficient (Wildman–Crippen LogP) is 2.87. The van der Waals surface area contributed by atoms with E-state index in [4.69, 9.17) is 4.74 Å². The lowest BCUT2D eigenvalue weighted by Gasteiger charge is -2.33. The number of benzene rings is 1. The fourth-order valence-electron chi connectivity index (χ4n) is 2.22. The van der Waals surface area contributed by atoms with Crippen molar-refractivity contribution < 1.29 is 9.13 Å². The summed E-state index contributed by atoms with van der Waals surface area (Å²) in [7, 11) is 0. The second kappa shape index (κ2) is 5.57. The van der Waals surface area contributed by atoms with Gasteiger partial charge in [0.25, 0.3) is 0 Å². The third kappa shape index (κ3) is 3.13. The topological polar surface area (TPSA) is 24.5 Å². The molecule has 4 heteroatoms. The molecule has 100 valence electrons. The molecule has 0 aromatic heterocycles. The Kier molecular flexibility index (Phi) is 4.07. The number of anilines is 2. The lowest BCUT2D eigenvalue weighted by molar-refractivity contribution is 0.0530. The van der Waals surface area contributed by atoms with Gasteiger partial charge in [0, 0.05) is 24.8 Å². The molecule has 1 saturated heterocycles. The Bertz CT molecular complexity index is 409. The van der Waals surface area contributed by atoms with E-state index >= 15 is 0 Å². The second-order valence-electron chi connectivity index (χ2n) is 5.09. The molecule has 1 aromatic rings. The Labute approximate surface area is 108 Å².